The Bertz CT molecular complexity index is 943. The average Bonchev–Trinajstić information content (AvgIpc) is 3.19. The van der Waals surface area contributed by atoms with Gasteiger partial charge in [0, 0.05) is 7.11 Å². The highest BCUT2D eigenvalue weighted by molar-refractivity contribution is 9.11. The number of benzene rings is 1. The Hall–Kier alpha value is -1.90. The van der Waals surface area contributed by atoms with Gasteiger partial charge in [0.25, 0.3) is 0 Å². The summed E-state index contributed by atoms with van der Waals surface area (Å²) in [6, 6.07) is 7.68. The van der Waals surface area contributed by atoms with Crippen molar-refractivity contribution in [2.45, 2.75) is 0 Å². The summed E-state index contributed by atoms with van der Waals surface area (Å²) < 4.78 is 19.2. The molecule has 23 heavy (non-hydrogen) atoms. The summed E-state index contributed by atoms with van der Waals surface area (Å²) in [4.78, 5) is 5.35. The normalized spacial score (nSPS) is 11.6. The fourth-order valence-electron chi connectivity index (χ4n) is 2.32. The van der Waals surface area contributed by atoms with E-state index >= 15 is 0 Å². The number of methoxy groups -OCH3 is 1. The zero-order valence-corrected chi connectivity index (χ0v) is 14.6. The van der Waals surface area contributed by atoms with E-state index in [1.807, 2.05) is 30.5 Å². The third kappa shape index (κ3) is 2.73. The second-order valence-electron chi connectivity index (χ2n) is 4.83. The SMILES string of the molecule is COCCOc1cccc2oc(-c3cn4nc(Br)sc4n3)cc12. The van der Waals surface area contributed by atoms with E-state index in [1.54, 1.807) is 11.6 Å². The molecule has 118 valence electrons. The summed E-state index contributed by atoms with van der Waals surface area (Å²) in [7, 11) is 1.65. The highest BCUT2D eigenvalue weighted by Crippen LogP contribution is 2.33. The number of hydrogen-bond donors (Lipinski definition) is 0. The van der Waals surface area contributed by atoms with Gasteiger partial charge in [0.05, 0.1) is 18.2 Å². The monoisotopic (exact) mass is 393 g/mol. The summed E-state index contributed by atoms with van der Waals surface area (Å²) >= 11 is 4.82. The van der Waals surface area contributed by atoms with Crippen LogP contribution in [0, 0.1) is 0 Å². The van der Waals surface area contributed by atoms with Gasteiger partial charge in [-0.05, 0) is 34.1 Å². The van der Waals surface area contributed by atoms with Crippen molar-refractivity contribution in [2.24, 2.45) is 0 Å². The van der Waals surface area contributed by atoms with E-state index in [0.717, 1.165) is 31.3 Å². The van der Waals surface area contributed by atoms with Crippen molar-refractivity contribution < 1.29 is 13.9 Å². The van der Waals surface area contributed by atoms with Crippen molar-refractivity contribution in [1.82, 2.24) is 14.6 Å². The molecule has 0 atom stereocenters. The van der Waals surface area contributed by atoms with Gasteiger partial charge in [0.15, 0.2) is 9.68 Å². The predicted octanol–water partition coefficient (Wildman–Crippen LogP) is 3.99. The molecule has 0 aliphatic heterocycles. The van der Waals surface area contributed by atoms with Gasteiger partial charge in [0.2, 0.25) is 4.96 Å². The Balaban J connectivity index is 1.72. The fraction of sp³-hybridized carbons (Fsp3) is 0.200. The number of rotatable bonds is 5. The van der Waals surface area contributed by atoms with Crippen LogP contribution < -0.4 is 4.74 Å². The van der Waals surface area contributed by atoms with E-state index < -0.39 is 0 Å². The second-order valence-corrected chi connectivity index (χ2v) is 7.06. The first-order chi connectivity index (χ1) is 11.2. The molecule has 0 saturated carbocycles. The Morgan fingerprint density at radius 2 is 2.26 bits per heavy atom. The van der Waals surface area contributed by atoms with Gasteiger partial charge in [-0.2, -0.15) is 0 Å². The molecule has 1 aromatic carbocycles. The molecule has 0 saturated heterocycles. The molecule has 4 aromatic rings. The van der Waals surface area contributed by atoms with Crippen LogP contribution in [-0.2, 0) is 4.74 Å². The first-order valence-corrected chi connectivity index (χ1v) is 8.52. The number of furan rings is 1. The van der Waals surface area contributed by atoms with Crippen molar-refractivity contribution in [3.05, 3.63) is 34.4 Å². The van der Waals surface area contributed by atoms with Crippen molar-refractivity contribution >= 4 is 43.2 Å². The maximum Gasteiger partial charge on any atom is 0.213 e. The summed E-state index contributed by atoms with van der Waals surface area (Å²) in [6.07, 6.45) is 1.85. The van der Waals surface area contributed by atoms with E-state index in [9.17, 15) is 0 Å². The number of imidazole rings is 1. The Kier molecular flexibility index (Phi) is 3.80. The van der Waals surface area contributed by atoms with Crippen LogP contribution >= 0.6 is 27.3 Å². The van der Waals surface area contributed by atoms with Gasteiger partial charge in [-0.1, -0.05) is 17.4 Å². The number of hydrogen-bond acceptors (Lipinski definition) is 6. The zero-order chi connectivity index (χ0) is 15.8. The van der Waals surface area contributed by atoms with Crippen LogP contribution in [0.5, 0.6) is 5.75 Å². The average molecular weight is 394 g/mol. The lowest BCUT2D eigenvalue weighted by Gasteiger charge is -2.05. The van der Waals surface area contributed by atoms with Crippen LogP contribution in [0.3, 0.4) is 0 Å². The quantitative estimate of drug-likeness (QED) is 0.479. The number of aromatic nitrogens is 3. The maximum atomic E-state index is 5.91. The van der Waals surface area contributed by atoms with E-state index in [2.05, 4.69) is 26.0 Å². The molecular weight excluding hydrogens is 382 g/mol. The van der Waals surface area contributed by atoms with E-state index in [1.165, 1.54) is 11.3 Å². The van der Waals surface area contributed by atoms with Gasteiger partial charge >= 0.3 is 0 Å². The Morgan fingerprint density at radius 1 is 1.35 bits per heavy atom. The largest absolute Gasteiger partial charge is 0.490 e. The predicted molar refractivity (Wildman–Crippen MR) is 91.1 cm³/mol. The van der Waals surface area contributed by atoms with Gasteiger partial charge in [-0.15, -0.1) is 5.10 Å². The molecule has 4 rings (SSSR count). The van der Waals surface area contributed by atoms with Crippen molar-refractivity contribution in [3.63, 3.8) is 0 Å². The van der Waals surface area contributed by atoms with Gasteiger partial charge in [-0.25, -0.2) is 9.50 Å². The van der Waals surface area contributed by atoms with Crippen LogP contribution in [0.15, 0.2) is 38.8 Å². The molecule has 0 amide bonds. The fourth-order valence-corrected chi connectivity index (χ4v) is 3.53. The van der Waals surface area contributed by atoms with Gasteiger partial charge in [-0.3, -0.25) is 0 Å². The topological polar surface area (TPSA) is 61.8 Å². The lowest BCUT2D eigenvalue weighted by molar-refractivity contribution is 0.147. The third-order valence-corrected chi connectivity index (χ3v) is 4.69. The first-order valence-electron chi connectivity index (χ1n) is 6.91. The molecule has 8 heteroatoms. The van der Waals surface area contributed by atoms with E-state index in [0.29, 0.717) is 19.0 Å². The molecule has 0 fully saturated rings. The lowest BCUT2D eigenvalue weighted by atomic mass is 10.2. The van der Waals surface area contributed by atoms with Crippen LogP contribution in [-0.4, -0.2) is 34.9 Å². The highest BCUT2D eigenvalue weighted by Gasteiger charge is 2.14. The minimum absolute atomic E-state index is 0.494. The lowest BCUT2D eigenvalue weighted by Crippen LogP contribution is -2.04. The van der Waals surface area contributed by atoms with Crippen LogP contribution in [0.25, 0.3) is 27.4 Å². The molecule has 0 spiro atoms. The number of fused-ring (bicyclic) bond motifs is 2. The molecule has 0 bridgehead atoms. The Morgan fingerprint density at radius 3 is 3.09 bits per heavy atom. The minimum Gasteiger partial charge on any atom is -0.490 e. The summed E-state index contributed by atoms with van der Waals surface area (Å²) in [5.74, 6) is 1.47. The molecule has 3 heterocycles. The third-order valence-electron chi connectivity index (χ3n) is 3.34. The second kappa shape index (κ2) is 5.95. The number of nitrogens with zero attached hydrogens (tertiary/aromatic N) is 3. The van der Waals surface area contributed by atoms with Crippen molar-refractivity contribution in [1.29, 1.82) is 0 Å². The summed E-state index contributed by atoms with van der Waals surface area (Å²) in [6.45, 7) is 1.03. The molecular formula is C15H12BrN3O3S. The van der Waals surface area contributed by atoms with E-state index in [4.69, 9.17) is 13.9 Å². The van der Waals surface area contributed by atoms with Crippen LogP contribution in [0.4, 0.5) is 0 Å². The smallest absolute Gasteiger partial charge is 0.213 e. The molecule has 0 N–H and O–H groups in total. The number of halogens is 1. The highest BCUT2D eigenvalue weighted by atomic mass is 79.9. The van der Waals surface area contributed by atoms with Crippen LogP contribution in [0.1, 0.15) is 0 Å². The van der Waals surface area contributed by atoms with Crippen molar-refractivity contribution in [2.75, 3.05) is 20.3 Å². The molecule has 3 aromatic heterocycles. The summed E-state index contributed by atoms with van der Waals surface area (Å²) in [5, 5.41) is 5.21. The van der Waals surface area contributed by atoms with E-state index in [-0.39, 0.29) is 0 Å². The standard InChI is InChI=1S/C15H12BrN3O3S/c1-20-5-6-21-11-3-2-4-12-9(11)7-13(22-12)10-8-19-15(17-10)23-14(16)18-19/h2-4,7-8H,5-6H2,1H3. The maximum absolute atomic E-state index is 5.91. The van der Waals surface area contributed by atoms with Gasteiger partial charge < -0.3 is 13.9 Å². The van der Waals surface area contributed by atoms with Crippen molar-refractivity contribution in [3.8, 4) is 17.2 Å². The number of ether oxygens (including phenoxy) is 2. The molecule has 0 aliphatic rings. The molecule has 0 radical (unpaired) electrons. The molecule has 0 aliphatic carbocycles. The minimum atomic E-state index is 0.494. The Labute approximate surface area is 143 Å². The zero-order valence-electron chi connectivity index (χ0n) is 12.2. The van der Waals surface area contributed by atoms with Gasteiger partial charge in [0.1, 0.15) is 23.6 Å². The first kappa shape index (κ1) is 14.7. The van der Waals surface area contributed by atoms with Crippen LogP contribution in [0.2, 0.25) is 0 Å². The molecule has 0 unspecified atom stereocenters. The molecule has 6 nitrogen and oxygen atoms in total. The summed E-state index contributed by atoms with van der Waals surface area (Å²) in [5.41, 5.74) is 1.51.